The lowest BCUT2D eigenvalue weighted by Gasteiger charge is -2.26. The lowest BCUT2D eigenvalue weighted by molar-refractivity contribution is -0.862. The van der Waals surface area contributed by atoms with Crippen LogP contribution in [-0.2, 0) is 9.53 Å². The summed E-state index contributed by atoms with van der Waals surface area (Å²) in [4.78, 5) is 22.7. The standard InChI is InChI=1S/C9H20NO.C8H18NO2/c1-9(2,3)8(11)7-10(4,5)6;1-8(2,3)11-7(10)9(4,5)6/h7H2,1-6H3;1-6H3/q2*+1. The number of nitrogens with zero attached hydrogens (tertiary/aromatic N) is 2. The number of ether oxygens (including phenoxy) is 1. The molecule has 0 saturated carbocycles. The van der Waals surface area contributed by atoms with Gasteiger partial charge < -0.3 is 9.22 Å². The molecule has 0 aliphatic rings. The third kappa shape index (κ3) is 14.0. The van der Waals surface area contributed by atoms with Crippen molar-refractivity contribution in [2.75, 3.05) is 48.8 Å². The smallest absolute Gasteiger partial charge is 0.414 e. The van der Waals surface area contributed by atoms with Crippen molar-refractivity contribution in [3.05, 3.63) is 0 Å². The van der Waals surface area contributed by atoms with Gasteiger partial charge in [0.2, 0.25) is 0 Å². The molecule has 0 radical (unpaired) electrons. The predicted octanol–water partition coefficient (Wildman–Crippen LogP) is 2.94. The molecule has 0 aliphatic carbocycles. The predicted molar refractivity (Wildman–Crippen MR) is 91.6 cm³/mol. The monoisotopic (exact) mass is 318 g/mol. The van der Waals surface area contributed by atoms with Crippen LogP contribution in [0.2, 0.25) is 0 Å². The van der Waals surface area contributed by atoms with Crippen LogP contribution in [0.25, 0.3) is 0 Å². The van der Waals surface area contributed by atoms with Crippen LogP contribution in [-0.4, -0.2) is 75.3 Å². The molecular formula is C17H38N2O3+2. The Bertz CT molecular complexity index is 337. The molecule has 0 bridgehead atoms. The van der Waals surface area contributed by atoms with Crippen molar-refractivity contribution in [3.63, 3.8) is 0 Å². The number of Topliss-reactive ketones (excluding diaryl/α,β-unsaturated/α-hetero) is 1. The Hall–Kier alpha value is -0.940. The summed E-state index contributed by atoms with van der Waals surface area (Å²) in [5.41, 5.74) is -0.575. The number of quaternary nitrogens is 2. The average molecular weight is 319 g/mol. The average Bonchev–Trinajstić information content (AvgIpc) is 2.09. The molecule has 0 aromatic heterocycles. The minimum Gasteiger partial charge on any atom is -0.414 e. The highest BCUT2D eigenvalue weighted by Crippen LogP contribution is 2.15. The highest BCUT2D eigenvalue weighted by molar-refractivity contribution is 5.84. The molecule has 0 heterocycles. The summed E-state index contributed by atoms with van der Waals surface area (Å²) < 4.78 is 6.06. The van der Waals surface area contributed by atoms with E-state index < -0.39 is 0 Å². The second-order valence-corrected chi connectivity index (χ2v) is 9.61. The fourth-order valence-corrected chi connectivity index (χ4v) is 1.07. The van der Waals surface area contributed by atoms with Crippen LogP contribution in [0.5, 0.6) is 0 Å². The van der Waals surface area contributed by atoms with Gasteiger partial charge in [-0.05, 0) is 20.8 Å². The summed E-state index contributed by atoms with van der Waals surface area (Å²) in [5.74, 6) is 0.324. The second kappa shape index (κ2) is 7.55. The maximum absolute atomic E-state index is 11.5. The fraction of sp³-hybridized carbons (Fsp3) is 0.882. The van der Waals surface area contributed by atoms with E-state index in [1.165, 1.54) is 0 Å². The number of likely N-dealkylation sites (N-methyl/N-ethyl adjacent to an activating group) is 1. The molecule has 0 unspecified atom stereocenters. The molecule has 0 aromatic rings. The zero-order valence-electron chi connectivity index (χ0n) is 16.8. The summed E-state index contributed by atoms with van der Waals surface area (Å²) in [6.07, 6.45) is -0.211. The first kappa shape index (κ1) is 23.3. The molecule has 0 aliphatic heterocycles. The third-order valence-corrected chi connectivity index (χ3v) is 2.40. The molecule has 0 N–H and O–H groups in total. The summed E-state index contributed by atoms with van der Waals surface area (Å²) >= 11 is 0. The van der Waals surface area contributed by atoms with Crippen molar-refractivity contribution < 1.29 is 23.3 Å². The number of ketones is 1. The fourth-order valence-electron chi connectivity index (χ4n) is 1.07. The van der Waals surface area contributed by atoms with Crippen LogP contribution in [0.4, 0.5) is 4.79 Å². The molecular weight excluding hydrogens is 280 g/mol. The minimum atomic E-state index is -0.386. The van der Waals surface area contributed by atoms with E-state index in [0.29, 0.717) is 12.3 Å². The summed E-state index contributed by atoms with van der Waals surface area (Å²) in [6.45, 7) is 12.1. The van der Waals surface area contributed by atoms with Gasteiger partial charge in [0.1, 0.15) is 12.1 Å². The normalized spacial score (nSPS) is 13.1. The minimum absolute atomic E-state index is 0.189. The Balaban J connectivity index is 0. The van der Waals surface area contributed by atoms with E-state index >= 15 is 0 Å². The van der Waals surface area contributed by atoms with Crippen LogP contribution >= 0.6 is 0 Å². The maximum atomic E-state index is 11.5. The van der Waals surface area contributed by atoms with Gasteiger partial charge in [-0.3, -0.25) is 4.79 Å². The van der Waals surface area contributed by atoms with Crippen molar-refractivity contribution >= 4 is 11.9 Å². The van der Waals surface area contributed by atoms with E-state index in [0.717, 1.165) is 4.48 Å². The van der Waals surface area contributed by atoms with Crippen LogP contribution in [0.15, 0.2) is 0 Å². The molecule has 22 heavy (non-hydrogen) atoms. The molecule has 5 heteroatoms. The van der Waals surface area contributed by atoms with Gasteiger partial charge >= 0.3 is 6.09 Å². The second-order valence-electron chi connectivity index (χ2n) is 9.61. The first-order valence-electron chi connectivity index (χ1n) is 7.64. The van der Waals surface area contributed by atoms with Gasteiger partial charge in [-0.1, -0.05) is 20.8 Å². The molecule has 0 saturated heterocycles. The Kier molecular flexibility index (Phi) is 8.01. The Morgan fingerprint density at radius 3 is 1.27 bits per heavy atom. The lowest BCUT2D eigenvalue weighted by Crippen LogP contribution is -2.44. The first-order valence-corrected chi connectivity index (χ1v) is 7.64. The third-order valence-electron chi connectivity index (χ3n) is 2.40. The number of hydrogen-bond acceptors (Lipinski definition) is 3. The molecule has 0 aromatic carbocycles. The molecule has 132 valence electrons. The first-order chi connectivity index (χ1) is 9.26. The topological polar surface area (TPSA) is 43.4 Å². The van der Waals surface area contributed by atoms with Crippen molar-refractivity contribution in [1.29, 1.82) is 0 Å². The highest BCUT2D eigenvalue weighted by atomic mass is 16.6. The molecule has 1 amide bonds. The molecule has 0 fully saturated rings. The maximum Gasteiger partial charge on any atom is 0.515 e. The van der Waals surface area contributed by atoms with Crippen LogP contribution in [0.3, 0.4) is 0 Å². The number of carbonyl (C=O) groups is 2. The summed E-state index contributed by atoms with van der Waals surface area (Å²) in [5, 5.41) is 0. The summed E-state index contributed by atoms with van der Waals surface area (Å²) in [6, 6.07) is 0. The molecule has 5 nitrogen and oxygen atoms in total. The number of hydrogen-bond donors (Lipinski definition) is 0. The van der Waals surface area contributed by atoms with Gasteiger partial charge in [-0.25, -0.2) is 4.48 Å². The van der Waals surface area contributed by atoms with Crippen molar-refractivity contribution in [2.45, 2.75) is 47.1 Å². The van der Waals surface area contributed by atoms with Gasteiger partial charge in [-0.2, -0.15) is 4.79 Å². The van der Waals surface area contributed by atoms with Crippen LogP contribution in [0, 0.1) is 5.41 Å². The Morgan fingerprint density at radius 2 is 1.18 bits per heavy atom. The molecule has 0 atom stereocenters. The van der Waals surface area contributed by atoms with Crippen molar-refractivity contribution in [1.82, 2.24) is 0 Å². The largest absolute Gasteiger partial charge is 0.515 e. The van der Waals surface area contributed by atoms with E-state index in [1.54, 1.807) is 21.1 Å². The van der Waals surface area contributed by atoms with Crippen molar-refractivity contribution in [2.24, 2.45) is 5.41 Å². The van der Waals surface area contributed by atoms with E-state index in [2.05, 4.69) is 0 Å². The number of carbonyl (C=O) groups excluding carboxylic acids is 2. The lowest BCUT2D eigenvalue weighted by atomic mass is 9.90. The number of rotatable bonds is 2. The summed E-state index contributed by atoms with van der Waals surface area (Å²) in [7, 11) is 11.5. The van der Waals surface area contributed by atoms with Gasteiger partial charge in [0.25, 0.3) is 0 Å². The zero-order chi connectivity index (χ0) is 18.6. The van der Waals surface area contributed by atoms with E-state index in [1.807, 2.05) is 62.7 Å². The van der Waals surface area contributed by atoms with Crippen molar-refractivity contribution in [3.8, 4) is 0 Å². The number of amides is 1. The zero-order valence-corrected chi connectivity index (χ0v) is 16.8. The van der Waals surface area contributed by atoms with E-state index in [4.69, 9.17) is 4.74 Å². The van der Waals surface area contributed by atoms with E-state index in [-0.39, 0.29) is 21.6 Å². The van der Waals surface area contributed by atoms with Gasteiger partial charge in [0.15, 0.2) is 5.78 Å². The van der Waals surface area contributed by atoms with Gasteiger partial charge in [-0.15, -0.1) is 0 Å². The molecule has 0 rings (SSSR count). The Labute approximate surface area is 137 Å². The van der Waals surface area contributed by atoms with Crippen LogP contribution in [0.1, 0.15) is 41.5 Å². The molecule has 0 spiro atoms. The SMILES string of the molecule is CC(C)(C)C(=O)C[N+](C)(C)C.CC(C)(C)OC(=O)[N+](C)(C)C. The van der Waals surface area contributed by atoms with Crippen LogP contribution < -0.4 is 0 Å². The highest BCUT2D eigenvalue weighted by Gasteiger charge is 2.28. The van der Waals surface area contributed by atoms with Gasteiger partial charge in [0, 0.05) is 5.41 Å². The Morgan fingerprint density at radius 1 is 0.818 bits per heavy atom. The van der Waals surface area contributed by atoms with Gasteiger partial charge in [0.05, 0.1) is 42.3 Å². The quantitative estimate of drug-likeness (QED) is 0.735. The van der Waals surface area contributed by atoms with E-state index in [9.17, 15) is 9.59 Å².